The van der Waals surface area contributed by atoms with Gasteiger partial charge in [-0.15, -0.1) is 28.1 Å². The molecule has 1 amide bonds. The summed E-state index contributed by atoms with van der Waals surface area (Å²) in [4.78, 5) is 25.5. The fourth-order valence-electron chi connectivity index (χ4n) is 3.90. The average molecular weight is 583 g/mol. The van der Waals surface area contributed by atoms with Crippen molar-refractivity contribution in [1.82, 2.24) is 14.8 Å². The van der Waals surface area contributed by atoms with Gasteiger partial charge >= 0.3 is 5.97 Å². The fourth-order valence-corrected chi connectivity index (χ4v) is 5.76. The van der Waals surface area contributed by atoms with Crippen LogP contribution in [0.2, 0.25) is 5.02 Å². The molecule has 0 aliphatic carbocycles. The van der Waals surface area contributed by atoms with Crippen LogP contribution in [0.25, 0.3) is 11.1 Å². The van der Waals surface area contributed by atoms with Crippen LogP contribution in [-0.4, -0.2) is 39.5 Å². The molecule has 0 radical (unpaired) electrons. The van der Waals surface area contributed by atoms with Crippen LogP contribution < -0.4 is 10.1 Å². The molecule has 202 valence electrons. The Bertz CT molecular complexity index is 1480. The number of hydrogen-bond donors (Lipinski definition) is 1. The van der Waals surface area contributed by atoms with Gasteiger partial charge in [-0.3, -0.25) is 9.36 Å². The van der Waals surface area contributed by atoms with Crippen molar-refractivity contribution in [3.8, 4) is 16.9 Å². The fraction of sp³-hybridized carbons (Fsp3) is 0.214. The van der Waals surface area contributed by atoms with Gasteiger partial charge in [0.25, 0.3) is 0 Å². The van der Waals surface area contributed by atoms with Crippen molar-refractivity contribution in [2.45, 2.75) is 32.2 Å². The number of nitrogens with one attached hydrogen (secondary N) is 1. The monoisotopic (exact) mass is 582 g/mol. The van der Waals surface area contributed by atoms with Crippen LogP contribution in [-0.2, 0) is 22.7 Å². The van der Waals surface area contributed by atoms with E-state index in [1.54, 1.807) is 23.6 Å². The van der Waals surface area contributed by atoms with Crippen molar-refractivity contribution in [2.75, 3.05) is 18.2 Å². The number of carbonyl (C=O) groups is 2. The molecule has 0 saturated heterocycles. The van der Waals surface area contributed by atoms with Crippen molar-refractivity contribution in [2.24, 2.45) is 0 Å². The molecule has 8 nitrogen and oxygen atoms in total. The van der Waals surface area contributed by atoms with E-state index >= 15 is 0 Å². The van der Waals surface area contributed by atoms with Crippen molar-refractivity contribution in [3.05, 3.63) is 88.0 Å². The van der Waals surface area contributed by atoms with Crippen molar-refractivity contribution < 1.29 is 19.1 Å². The van der Waals surface area contributed by atoms with Crippen LogP contribution in [0.5, 0.6) is 5.75 Å². The van der Waals surface area contributed by atoms with Crippen LogP contribution in [0.1, 0.15) is 27.3 Å². The summed E-state index contributed by atoms with van der Waals surface area (Å²) in [6.07, 6.45) is 1.74. The van der Waals surface area contributed by atoms with Crippen LogP contribution in [0, 0.1) is 13.8 Å². The van der Waals surface area contributed by atoms with E-state index in [9.17, 15) is 9.59 Å². The molecule has 1 N–H and O–H groups in total. The van der Waals surface area contributed by atoms with E-state index in [2.05, 4.69) is 28.2 Å². The summed E-state index contributed by atoms with van der Waals surface area (Å²) < 4.78 is 12.8. The smallest absolute Gasteiger partial charge is 0.341 e. The second kappa shape index (κ2) is 13.0. The molecule has 0 atom stereocenters. The van der Waals surface area contributed by atoms with Crippen LogP contribution >= 0.6 is 34.7 Å². The number of methoxy groups -OCH3 is 1. The minimum absolute atomic E-state index is 0.0575. The number of aryl methyl sites for hydroxylation is 2. The van der Waals surface area contributed by atoms with Crippen LogP contribution in [0.15, 0.2) is 65.7 Å². The third-order valence-corrected chi connectivity index (χ3v) is 7.70. The van der Waals surface area contributed by atoms with Gasteiger partial charge in [-0.1, -0.05) is 47.6 Å². The maximum absolute atomic E-state index is 12.9. The predicted molar refractivity (Wildman–Crippen MR) is 156 cm³/mol. The van der Waals surface area contributed by atoms with Crippen LogP contribution in [0.3, 0.4) is 0 Å². The molecule has 0 spiro atoms. The topological polar surface area (TPSA) is 95.3 Å². The van der Waals surface area contributed by atoms with Crippen molar-refractivity contribution in [1.29, 1.82) is 0 Å². The Morgan fingerprint density at radius 2 is 1.87 bits per heavy atom. The molecule has 0 aliphatic rings. The van der Waals surface area contributed by atoms with Gasteiger partial charge in [0.15, 0.2) is 11.0 Å². The Hall–Kier alpha value is -3.60. The first kappa shape index (κ1) is 28.4. The van der Waals surface area contributed by atoms with Gasteiger partial charge in [0.05, 0.1) is 12.9 Å². The minimum atomic E-state index is -0.539. The highest BCUT2D eigenvalue weighted by Gasteiger charge is 2.23. The zero-order valence-corrected chi connectivity index (χ0v) is 24.1. The highest BCUT2D eigenvalue weighted by Crippen LogP contribution is 2.36. The molecular formula is C28H27ClN4O4S2. The first-order valence-corrected chi connectivity index (χ1v) is 14.2. The summed E-state index contributed by atoms with van der Waals surface area (Å²) in [5.41, 5.74) is 3.97. The highest BCUT2D eigenvalue weighted by molar-refractivity contribution is 7.99. The molecule has 4 aromatic rings. The Morgan fingerprint density at radius 3 is 2.54 bits per heavy atom. The molecule has 2 aromatic heterocycles. The van der Waals surface area contributed by atoms with Gasteiger partial charge in [0, 0.05) is 22.5 Å². The number of nitrogens with zero attached hydrogens (tertiary/aromatic N) is 3. The number of carbonyl (C=O) groups excluding carboxylic acids is 2. The predicted octanol–water partition coefficient (Wildman–Crippen LogP) is 6.56. The molecule has 0 saturated carbocycles. The quantitative estimate of drug-likeness (QED) is 0.122. The maximum Gasteiger partial charge on any atom is 0.341 e. The summed E-state index contributed by atoms with van der Waals surface area (Å²) in [6, 6.07) is 13.1. The molecule has 39 heavy (non-hydrogen) atoms. The number of aromatic nitrogens is 3. The van der Waals surface area contributed by atoms with E-state index in [-0.39, 0.29) is 18.3 Å². The summed E-state index contributed by atoms with van der Waals surface area (Å²) in [5.74, 6) is 0.599. The Balaban J connectivity index is 1.45. The zero-order valence-electron chi connectivity index (χ0n) is 21.7. The number of thiophene rings is 1. The normalized spacial score (nSPS) is 10.8. The van der Waals surface area contributed by atoms with Gasteiger partial charge in [0.2, 0.25) is 5.91 Å². The Labute approximate surface area is 240 Å². The number of esters is 1. The first-order valence-electron chi connectivity index (χ1n) is 11.9. The number of rotatable bonds is 11. The van der Waals surface area contributed by atoms with Gasteiger partial charge in [-0.05, 0) is 54.8 Å². The van der Waals surface area contributed by atoms with Gasteiger partial charge < -0.3 is 14.8 Å². The van der Waals surface area contributed by atoms with E-state index in [0.717, 1.165) is 22.4 Å². The second-order valence-corrected chi connectivity index (χ2v) is 10.9. The molecular weight excluding hydrogens is 556 g/mol. The van der Waals surface area contributed by atoms with Gasteiger partial charge in [-0.2, -0.15) is 0 Å². The number of benzene rings is 2. The maximum atomic E-state index is 12.9. The molecule has 11 heteroatoms. The number of allylic oxidation sites excluding steroid dienone is 1. The SMILES string of the molecule is C=CCn1c(COc2cc(C)cc(C)c2)nnc1SCC(=O)Nc1scc(-c2ccc(Cl)cc2)c1C(=O)OC. The van der Waals surface area contributed by atoms with E-state index < -0.39 is 5.97 Å². The lowest BCUT2D eigenvalue weighted by Crippen LogP contribution is -2.16. The van der Waals surface area contributed by atoms with Crippen molar-refractivity contribution in [3.63, 3.8) is 0 Å². The Kier molecular flexibility index (Phi) is 9.45. The zero-order chi connectivity index (χ0) is 27.9. The largest absolute Gasteiger partial charge is 0.486 e. The average Bonchev–Trinajstić information content (AvgIpc) is 3.49. The molecule has 0 aliphatic heterocycles. The van der Waals surface area contributed by atoms with E-state index in [1.165, 1.54) is 30.2 Å². The highest BCUT2D eigenvalue weighted by atomic mass is 35.5. The summed E-state index contributed by atoms with van der Waals surface area (Å²) >= 11 is 8.49. The lowest BCUT2D eigenvalue weighted by atomic mass is 10.0. The minimum Gasteiger partial charge on any atom is -0.486 e. The standard InChI is InChI=1S/C28H27ClN4O4S2/c1-5-10-33-23(14-37-21-12-17(2)11-18(3)13-21)31-32-28(33)39-16-24(34)30-26-25(27(35)36-4)22(15-38-26)19-6-8-20(29)9-7-19/h5-9,11-13,15H,1,10,14,16H2,2-4H3,(H,30,34). The van der Waals surface area contributed by atoms with E-state index in [0.29, 0.717) is 38.7 Å². The number of halogens is 1. The lowest BCUT2D eigenvalue weighted by Gasteiger charge is -2.10. The van der Waals surface area contributed by atoms with E-state index in [1.807, 2.05) is 42.7 Å². The summed E-state index contributed by atoms with van der Waals surface area (Å²) in [7, 11) is 1.31. The summed E-state index contributed by atoms with van der Waals surface area (Å²) in [6.45, 7) is 8.54. The molecule has 4 rings (SSSR count). The summed E-state index contributed by atoms with van der Waals surface area (Å²) in [5, 5.41) is 14.7. The third-order valence-electron chi connectivity index (χ3n) is 5.59. The number of thioether (sulfide) groups is 1. The number of ether oxygens (including phenoxy) is 2. The first-order chi connectivity index (χ1) is 18.8. The number of hydrogen-bond acceptors (Lipinski definition) is 8. The molecule has 0 bridgehead atoms. The van der Waals surface area contributed by atoms with Gasteiger partial charge in [-0.25, -0.2) is 4.79 Å². The van der Waals surface area contributed by atoms with Crippen LogP contribution in [0.4, 0.5) is 5.00 Å². The third kappa shape index (κ3) is 7.08. The molecule has 0 unspecified atom stereocenters. The van der Waals surface area contributed by atoms with Crippen molar-refractivity contribution >= 4 is 51.6 Å². The molecule has 0 fully saturated rings. The number of anilines is 1. The van der Waals surface area contributed by atoms with E-state index in [4.69, 9.17) is 21.1 Å². The number of amides is 1. The van der Waals surface area contributed by atoms with Gasteiger partial charge in [0.1, 0.15) is 22.9 Å². The molecule has 2 heterocycles. The second-order valence-electron chi connectivity index (χ2n) is 8.60. The Morgan fingerprint density at radius 1 is 1.15 bits per heavy atom. The lowest BCUT2D eigenvalue weighted by molar-refractivity contribution is -0.113. The molecule has 2 aromatic carbocycles.